The fourth-order valence-corrected chi connectivity index (χ4v) is 2.32. The third-order valence-electron chi connectivity index (χ3n) is 2.90. The highest BCUT2D eigenvalue weighted by Gasteiger charge is 2.56. The standard InChI is InChI=1S/C14H9BrF4O/c15-11-5-1-3-9(7-11)13(20,14(17,18)19)10-4-2-6-12(16)8-10/h1-8,20H. The van der Waals surface area contributed by atoms with Gasteiger partial charge in [-0.2, -0.15) is 13.2 Å². The van der Waals surface area contributed by atoms with Crippen molar-refractivity contribution in [3.63, 3.8) is 0 Å². The van der Waals surface area contributed by atoms with Gasteiger partial charge >= 0.3 is 6.18 Å². The number of benzene rings is 2. The maximum absolute atomic E-state index is 13.4. The van der Waals surface area contributed by atoms with Crippen LogP contribution in [0.1, 0.15) is 11.1 Å². The van der Waals surface area contributed by atoms with Crippen LogP contribution in [0.5, 0.6) is 0 Å². The molecule has 1 N–H and O–H groups in total. The molecule has 0 aromatic heterocycles. The van der Waals surface area contributed by atoms with Crippen molar-refractivity contribution < 1.29 is 22.7 Å². The molecule has 0 aliphatic heterocycles. The van der Waals surface area contributed by atoms with Crippen LogP contribution in [0.4, 0.5) is 17.6 Å². The highest BCUT2D eigenvalue weighted by Crippen LogP contribution is 2.44. The van der Waals surface area contributed by atoms with Gasteiger partial charge in [0, 0.05) is 10.0 Å². The van der Waals surface area contributed by atoms with E-state index in [1.165, 1.54) is 12.1 Å². The maximum Gasteiger partial charge on any atom is 0.425 e. The van der Waals surface area contributed by atoms with Crippen LogP contribution < -0.4 is 0 Å². The van der Waals surface area contributed by atoms with Crippen LogP contribution in [0.25, 0.3) is 0 Å². The molecule has 106 valence electrons. The average molecular weight is 349 g/mol. The van der Waals surface area contributed by atoms with Gasteiger partial charge in [-0.3, -0.25) is 0 Å². The highest BCUT2D eigenvalue weighted by atomic mass is 79.9. The van der Waals surface area contributed by atoms with E-state index in [1.807, 2.05) is 0 Å². The second-order valence-corrected chi connectivity index (χ2v) is 5.14. The van der Waals surface area contributed by atoms with Gasteiger partial charge in [0.15, 0.2) is 0 Å². The smallest absolute Gasteiger partial charge is 0.372 e. The summed E-state index contributed by atoms with van der Waals surface area (Å²) in [5.41, 5.74) is -4.22. The van der Waals surface area contributed by atoms with Crippen LogP contribution in [0.15, 0.2) is 53.0 Å². The van der Waals surface area contributed by atoms with Crippen molar-refractivity contribution in [3.8, 4) is 0 Å². The molecule has 0 radical (unpaired) electrons. The Kier molecular flexibility index (Phi) is 3.88. The Balaban J connectivity index is 2.69. The number of alkyl halides is 3. The van der Waals surface area contributed by atoms with Crippen molar-refractivity contribution in [1.29, 1.82) is 0 Å². The molecule has 1 atom stereocenters. The number of halogens is 5. The lowest BCUT2D eigenvalue weighted by Crippen LogP contribution is -2.43. The minimum absolute atomic E-state index is 0.383. The van der Waals surface area contributed by atoms with Crippen LogP contribution in [-0.4, -0.2) is 11.3 Å². The van der Waals surface area contributed by atoms with Gasteiger partial charge in [0.1, 0.15) is 5.82 Å². The first-order chi connectivity index (χ1) is 9.25. The van der Waals surface area contributed by atoms with Crippen molar-refractivity contribution in [2.75, 3.05) is 0 Å². The summed E-state index contributed by atoms with van der Waals surface area (Å²) in [6.45, 7) is 0. The van der Waals surface area contributed by atoms with E-state index in [1.54, 1.807) is 0 Å². The maximum atomic E-state index is 13.4. The van der Waals surface area contributed by atoms with Gasteiger partial charge in [-0.1, -0.05) is 40.2 Å². The van der Waals surface area contributed by atoms with E-state index in [4.69, 9.17) is 0 Å². The number of rotatable bonds is 2. The summed E-state index contributed by atoms with van der Waals surface area (Å²) in [4.78, 5) is 0. The Morgan fingerprint density at radius 1 is 0.900 bits per heavy atom. The summed E-state index contributed by atoms with van der Waals surface area (Å²) >= 11 is 3.06. The van der Waals surface area contributed by atoms with Gasteiger partial charge in [0.25, 0.3) is 0 Å². The van der Waals surface area contributed by atoms with Crippen LogP contribution >= 0.6 is 15.9 Å². The molecule has 1 unspecified atom stereocenters. The summed E-state index contributed by atoms with van der Waals surface area (Å²) in [6.07, 6.45) is -4.98. The van der Waals surface area contributed by atoms with Crippen LogP contribution in [0, 0.1) is 5.82 Å². The zero-order valence-corrected chi connectivity index (χ0v) is 11.5. The molecule has 0 amide bonds. The molecule has 0 fully saturated rings. The molecule has 0 aliphatic rings. The van der Waals surface area contributed by atoms with Crippen molar-refractivity contribution in [1.82, 2.24) is 0 Å². The van der Waals surface area contributed by atoms with Crippen LogP contribution in [-0.2, 0) is 5.60 Å². The van der Waals surface area contributed by atoms with Gasteiger partial charge in [0.05, 0.1) is 0 Å². The Hall–Kier alpha value is -1.40. The third kappa shape index (κ3) is 2.58. The van der Waals surface area contributed by atoms with Crippen molar-refractivity contribution in [2.24, 2.45) is 0 Å². The van der Waals surface area contributed by atoms with E-state index < -0.39 is 23.2 Å². The van der Waals surface area contributed by atoms with Crippen LogP contribution in [0.2, 0.25) is 0 Å². The van der Waals surface area contributed by atoms with Crippen LogP contribution in [0.3, 0.4) is 0 Å². The van der Waals surface area contributed by atoms with Gasteiger partial charge in [-0.25, -0.2) is 4.39 Å². The molecule has 0 saturated heterocycles. The first kappa shape index (κ1) is 15.0. The predicted molar refractivity (Wildman–Crippen MR) is 69.6 cm³/mol. The van der Waals surface area contributed by atoms with Gasteiger partial charge in [-0.05, 0) is 29.8 Å². The fourth-order valence-electron chi connectivity index (χ4n) is 1.92. The average Bonchev–Trinajstić information content (AvgIpc) is 2.36. The van der Waals surface area contributed by atoms with E-state index in [9.17, 15) is 22.7 Å². The van der Waals surface area contributed by atoms with E-state index in [0.717, 1.165) is 30.3 Å². The lowest BCUT2D eigenvalue weighted by atomic mass is 9.85. The molecule has 0 saturated carbocycles. The molecule has 0 spiro atoms. The second kappa shape index (κ2) is 5.18. The van der Waals surface area contributed by atoms with Gasteiger partial charge < -0.3 is 5.11 Å². The Morgan fingerprint density at radius 2 is 1.45 bits per heavy atom. The molecule has 20 heavy (non-hydrogen) atoms. The fraction of sp³-hybridized carbons (Fsp3) is 0.143. The van der Waals surface area contributed by atoms with Gasteiger partial charge in [0.2, 0.25) is 5.60 Å². The monoisotopic (exact) mass is 348 g/mol. The third-order valence-corrected chi connectivity index (χ3v) is 3.39. The molecular weight excluding hydrogens is 340 g/mol. The number of hydrogen-bond donors (Lipinski definition) is 1. The normalized spacial score (nSPS) is 14.9. The van der Waals surface area contributed by atoms with E-state index in [0.29, 0.717) is 10.5 Å². The predicted octanol–water partition coefficient (Wildman–Crippen LogP) is 4.39. The van der Waals surface area contributed by atoms with E-state index >= 15 is 0 Å². The van der Waals surface area contributed by atoms with E-state index in [-0.39, 0.29) is 5.56 Å². The topological polar surface area (TPSA) is 20.2 Å². The summed E-state index contributed by atoms with van der Waals surface area (Å²) < 4.78 is 53.6. The summed E-state index contributed by atoms with van der Waals surface area (Å²) in [6, 6.07) is 9.05. The zero-order valence-electron chi connectivity index (χ0n) is 9.96. The number of aliphatic hydroxyl groups is 1. The molecule has 6 heteroatoms. The largest absolute Gasteiger partial charge is 0.425 e. The van der Waals surface area contributed by atoms with Gasteiger partial charge in [-0.15, -0.1) is 0 Å². The molecule has 0 aliphatic carbocycles. The first-order valence-electron chi connectivity index (χ1n) is 5.56. The minimum Gasteiger partial charge on any atom is -0.372 e. The molecule has 2 rings (SSSR count). The molecule has 2 aromatic carbocycles. The number of hydrogen-bond acceptors (Lipinski definition) is 1. The highest BCUT2D eigenvalue weighted by molar-refractivity contribution is 9.10. The minimum atomic E-state index is -4.98. The molecule has 0 heterocycles. The zero-order chi connectivity index (χ0) is 15.0. The SMILES string of the molecule is OC(c1cccc(F)c1)(c1cccc(Br)c1)C(F)(F)F. The van der Waals surface area contributed by atoms with Crippen molar-refractivity contribution >= 4 is 15.9 Å². The Bertz CT molecular complexity index is 579. The quantitative estimate of drug-likeness (QED) is 0.798. The molecule has 0 bridgehead atoms. The summed E-state index contributed by atoms with van der Waals surface area (Å²) in [5, 5.41) is 10.2. The molecular formula is C14H9BrF4O. The second-order valence-electron chi connectivity index (χ2n) is 4.23. The molecule has 2 aromatic rings. The Morgan fingerprint density at radius 3 is 1.95 bits per heavy atom. The summed E-state index contributed by atoms with van der Waals surface area (Å²) in [5.74, 6) is -0.847. The first-order valence-corrected chi connectivity index (χ1v) is 6.35. The Labute approximate surface area is 121 Å². The summed E-state index contributed by atoms with van der Waals surface area (Å²) in [7, 11) is 0. The lowest BCUT2D eigenvalue weighted by molar-refractivity contribution is -0.248. The van der Waals surface area contributed by atoms with Crippen molar-refractivity contribution in [3.05, 3.63) is 69.9 Å². The molecule has 1 nitrogen and oxygen atoms in total. The van der Waals surface area contributed by atoms with Crippen molar-refractivity contribution in [2.45, 2.75) is 11.8 Å². The lowest BCUT2D eigenvalue weighted by Gasteiger charge is -2.31. The van der Waals surface area contributed by atoms with E-state index in [2.05, 4.69) is 15.9 Å².